The SMILES string of the molecule is Cc1c(CNC(C)Cc2ccc(F)cc2)cc(C#N)n1C. The maximum absolute atomic E-state index is 12.9. The second-order valence-electron chi connectivity index (χ2n) is 5.42. The Hall–Kier alpha value is -2.12. The largest absolute Gasteiger partial charge is 0.340 e. The van der Waals surface area contributed by atoms with Crippen molar-refractivity contribution < 1.29 is 4.39 Å². The van der Waals surface area contributed by atoms with Gasteiger partial charge in [-0.05, 0) is 49.6 Å². The van der Waals surface area contributed by atoms with Crippen molar-refractivity contribution in [3.8, 4) is 6.07 Å². The third-order valence-corrected chi connectivity index (χ3v) is 3.85. The van der Waals surface area contributed by atoms with Crippen molar-refractivity contribution in [2.24, 2.45) is 7.05 Å². The van der Waals surface area contributed by atoms with Crippen LogP contribution in [0.5, 0.6) is 0 Å². The van der Waals surface area contributed by atoms with E-state index in [1.165, 1.54) is 12.1 Å². The monoisotopic (exact) mass is 285 g/mol. The van der Waals surface area contributed by atoms with Crippen LogP contribution >= 0.6 is 0 Å². The molecule has 1 heterocycles. The van der Waals surface area contributed by atoms with Gasteiger partial charge in [0.25, 0.3) is 0 Å². The first-order valence-corrected chi connectivity index (χ1v) is 7.04. The molecule has 0 bridgehead atoms. The van der Waals surface area contributed by atoms with Crippen LogP contribution in [-0.2, 0) is 20.0 Å². The maximum Gasteiger partial charge on any atom is 0.123 e. The summed E-state index contributed by atoms with van der Waals surface area (Å²) in [7, 11) is 1.90. The number of hydrogen-bond donors (Lipinski definition) is 1. The van der Waals surface area contributed by atoms with E-state index in [-0.39, 0.29) is 11.9 Å². The molecule has 0 fully saturated rings. The number of nitrogens with zero attached hydrogens (tertiary/aromatic N) is 2. The van der Waals surface area contributed by atoms with Crippen molar-refractivity contribution in [1.29, 1.82) is 5.26 Å². The number of rotatable bonds is 5. The standard InChI is InChI=1S/C17H20FN3/c1-12(8-14-4-6-16(18)7-5-14)20-11-15-9-17(10-19)21(3)13(15)2/h4-7,9,12,20H,8,11H2,1-3H3. The van der Waals surface area contributed by atoms with E-state index >= 15 is 0 Å². The molecule has 0 aliphatic rings. The molecule has 0 saturated carbocycles. The fourth-order valence-corrected chi connectivity index (χ4v) is 2.38. The Labute approximate surface area is 125 Å². The smallest absolute Gasteiger partial charge is 0.123 e. The van der Waals surface area contributed by atoms with Gasteiger partial charge in [0.05, 0.1) is 0 Å². The Kier molecular flexibility index (Phi) is 4.77. The zero-order valence-corrected chi connectivity index (χ0v) is 12.7. The fraction of sp³-hybridized carbons (Fsp3) is 0.353. The number of benzene rings is 1. The van der Waals surface area contributed by atoms with Gasteiger partial charge in [-0.1, -0.05) is 12.1 Å². The van der Waals surface area contributed by atoms with Gasteiger partial charge in [0.15, 0.2) is 0 Å². The molecule has 0 radical (unpaired) electrons. The van der Waals surface area contributed by atoms with E-state index in [2.05, 4.69) is 18.3 Å². The molecule has 21 heavy (non-hydrogen) atoms. The van der Waals surface area contributed by atoms with Gasteiger partial charge in [-0.2, -0.15) is 5.26 Å². The summed E-state index contributed by atoms with van der Waals surface area (Å²) in [4.78, 5) is 0. The van der Waals surface area contributed by atoms with Crippen molar-refractivity contribution in [1.82, 2.24) is 9.88 Å². The van der Waals surface area contributed by atoms with Gasteiger partial charge in [-0.15, -0.1) is 0 Å². The normalized spacial score (nSPS) is 12.1. The van der Waals surface area contributed by atoms with Crippen LogP contribution < -0.4 is 5.32 Å². The summed E-state index contributed by atoms with van der Waals surface area (Å²) in [6.07, 6.45) is 0.845. The molecule has 1 unspecified atom stereocenters. The van der Waals surface area contributed by atoms with Crippen LogP contribution in [-0.4, -0.2) is 10.6 Å². The molecule has 2 aromatic rings. The van der Waals surface area contributed by atoms with Gasteiger partial charge in [-0.3, -0.25) is 0 Å². The maximum atomic E-state index is 12.9. The predicted molar refractivity (Wildman–Crippen MR) is 81.3 cm³/mol. The average molecular weight is 285 g/mol. The Bertz CT molecular complexity index is 650. The van der Waals surface area contributed by atoms with Crippen LogP contribution in [0, 0.1) is 24.1 Å². The molecule has 0 saturated heterocycles. The third-order valence-electron chi connectivity index (χ3n) is 3.85. The summed E-state index contributed by atoms with van der Waals surface area (Å²) >= 11 is 0. The van der Waals surface area contributed by atoms with Crippen molar-refractivity contribution in [2.75, 3.05) is 0 Å². The Morgan fingerprint density at radius 3 is 2.57 bits per heavy atom. The third kappa shape index (κ3) is 3.71. The van der Waals surface area contributed by atoms with Crippen LogP contribution in [0.25, 0.3) is 0 Å². The highest BCUT2D eigenvalue weighted by molar-refractivity contribution is 5.34. The number of hydrogen-bond acceptors (Lipinski definition) is 2. The molecule has 1 aromatic carbocycles. The summed E-state index contributed by atoms with van der Waals surface area (Å²) in [6.45, 7) is 4.85. The topological polar surface area (TPSA) is 40.8 Å². The lowest BCUT2D eigenvalue weighted by atomic mass is 10.1. The van der Waals surface area contributed by atoms with Gasteiger partial charge in [0, 0.05) is 25.3 Å². The molecular weight excluding hydrogens is 265 g/mol. The lowest BCUT2D eigenvalue weighted by molar-refractivity contribution is 0.543. The molecule has 110 valence electrons. The number of halogens is 1. The van der Waals surface area contributed by atoms with Crippen LogP contribution in [0.1, 0.15) is 29.4 Å². The molecule has 3 nitrogen and oxygen atoms in total. The molecule has 1 aromatic heterocycles. The second kappa shape index (κ2) is 6.55. The summed E-state index contributed by atoms with van der Waals surface area (Å²) < 4.78 is 14.8. The molecule has 1 atom stereocenters. The zero-order valence-electron chi connectivity index (χ0n) is 12.7. The van der Waals surface area contributed by atoms with E-state index < -0.39 is 0 Å². The fourth-order valence-electron chi connectivity index (χ4n) is 2.38. The van der Waals surface area contributed by atoms with Crippen molar-refractivity contribution in [3.05, 3.63) is 58.7 Å². The Morgan fingerprint density at radius 1 is 1.33 bits per heavy atom. The second-order valence-corrected chi connectivity index (χ2v) is 5.42. The van der Waals surface area contributed by atoms with Gasteiger partial charge in [-0.25, -0.2) is 4.39 Å². The van der Waals surface area contributed by atoms with Crippen molar-refractivity contribution in [3.63, 3.8) is 0 Å². The summed E-state index contributed by atoms with van der Waals surface area (Å²) in [5.41, 5.74) is 4.03. The zero-order chi connectivity index (χ0) is 15.4. The molecule has 0 aliphatic heterocycles. The summed E-state index contributed by atoms with van der Waals surface area (Å²) in [5, 5.41) is 12.5. The summed E-state index contributed by atoms with van der Waals surface area (Å²) in [5.74, 6) is -0.205. The highest BCUT2D eigenvalue weighted by atomic mass is 19.1. The first-order chi connectivity index (χ1) is 10.0. The lowest BCUT2D eigenvalue weighted by Crippen LogP contribution is -2.27. The van der Waals surface area contributed by atoms with Gasteiger partial charge >= 0.3 is 0 Å². The van der Waals surface area contributed by atoms with Gasteiger partial charge in [0.1, 0.15) is 17.6 Å². The van der Waals surface area contributed by atoms with Crippen LogP contribution in [0.4, 0.5) is 4.39 Å². The van der Waals surface area contributed by atoms with Crippen molar-refractivity contribution in [2.45, 2.75) is 32.9 Å². The van der Waals surface area contributed by atoms with Crippen LogP contribution in [0.2, 0.25) is 0 Å². The summed E-state index contributed by atoms with van der Waals surface area (Å²) in [6, 6.07) is 11.0. The number of aromatic nitrogens is 1. The molecule has 0 spiro atoms. The molecule has 4 heteroatoms. The Balaban J connectivity index is 1.94. The van der Waals surface area contributed by atoms with E-state index in [1.807, 2.05) is 36.7 Å². The minimum absolute atomic E-state index is 0.205. The Morgan fingerprint density at radius 2 is 2.00 bits per heavy atom. The van der Waals surface area contributed by atoms with E-state index in [0.717, 1.165) is 29.8 Å². The lowest BCUT2D eigenvalue weighted by Gasteiger charge is -2.14. The molecular formula is C17H20FN3. The van der Waals surface area contributed by atoms with E-state index in [1.54, 1.807) is 0 Å². The molecule has 0 aliphatic carbocycles. The highest BCUT2D eigenvalue weighted by Gasteiger charge is 2.10. The van der Waals surface area contributed by atoms with E-state index in [0.29, 0.717) is 5.69 Å². The first kappa shape index (κ1) is 15.3. The minimum atomic E-state index is -0.205. The first-order valence-electron chi connectivity index (χ1n) is 7.04. The average Bonchev–Trinajstić information content (AvgIpc) is 2.75. The van der Waals surface area contributed by atoms with Crippen molar-refractivity contribution >= 4 is 0 Å². The van der Waals surface area contributed by atoms with E-state index in [4.69, 9.17) is 5.26 Å². The molecule has 2 rings (SSSR count). The highest BCUT2D eigenvalue weighted by Crippen LogP contribution is 2.13. The van der Waals surface area contributed by atoms with Gasteiger partial charge < -0.3 is 9.88 Å². The van der Waals surface area contributed by atoms with E-state index in [9.17, 15) is 4.39 Å². The van der Waals surface area contributed by atoms with Crippen LogP contribution in [0.3, 0.4) is 0 Å². The predicted octanol–water partition coefficient (Wildman–Crippen LogP) is 3.07. The quantitative estimate of drug-likeness (QED) is 0.917. The number of nitriles is 1. The number of nitrogens with one attached hydrogen (secondary N) is 1. The molecule has 1 N–H and O–H groups in total. The van der Waals surface area contributed by atoms with Gasteiger partial charge in [0.2, 0.25) is 0 Å². The molecule has 0 amide bonds. The minimum Gasteiger partial charge on any atom is -0.340 e. The van der Waals surface area contributed by atoms with Crippen LogP contribution in [0.15, 0.2) is 30.3 Å².